The van der Waals surface area contributed by atoms with E-state index in [1.54, 1.807) is 13.8 Å². The first-order chi connectivity index (χ1) is 12.6. The van der Waals surface area contributed by atoms with E-state index in [0.717, 1.165) is 17.1 Å². The number of rotatable bonds is 6. The van der Waals surface area contributed by atoms with Crippen molar-refractivity contribution in [1.82, 2.24) is 15.0 Å². The third-order valence-electron chi connectivity index (χ3n) is 3.70. The van der Waals surface area contributed by atoms with Gasteiger partial charge in [0, 0.05) is 16.2 Å². The third kappa shape index (κ3) is 3.52. The Morgan fingerprint density at radius 1 is 1.35 bits per heavy atom. The van der Waals surface area contributed by atoms with E-state index in [9.17, 15) is 9.59 Å². The minimum absolute atomic E-state index is 0.251. The van der Waals surface area contributed by atoms with Crippen LogP contribution >= 0.6 is 23.1 Å². The van der Waals surface area contributed by atoms with Gasteiger partial charge >= 0.3 is 5.97 Å². The molecule has 0 aromatic carbocycles. The van der Waals surface area contributed by atoms with Crippen molar-refractivity contribution in [3.8, 4) is 10.4 Å². The van der Waals surface area contributed by atoms with Gasteiger partial charge in [0.05, 0.1) is 23.3 Å². The molecule has 8 heteroatoms. The number of aryl methyl sites for hydroxylation is 1. The molecule has 3 rings (SSSR count). The number of aromatic amines is 1. The van der Waals surface area contributed by atoms with Gasteiger partial charge in [0.2, 0.25) is 0 Å². The van der Waals surface area contributed by atoms with Gasteiger partial charge in [0.15, 0.2) is 10.8 Å². The van der Waals surface area contributed by atoms with Crippen molar-refractivity contribution in [1.29, 1.82) is 0 Å². The van der Waals surface area contributed by atoms with Gasteiger partial charge in [-0.1, -0.05) is 24.8 Å². The number of nitrogens with zero attached hydrogens (tertiary/aromatic N) is 2. The molecule has 3 aromatic heterocycles. The lowest BCUT2D eigenvalue weighted by Gasteiger charge is -2.13. The number of hydrogen-bond acceptors (Lipinski definition) is 7. The minimum Gasteiger partial charge on any atom is -0.462 e. The van der Waals surface area contributed by atoms with Crippen LogP contribution in [0.15, 0.2) is 27.5 Å². The molecule has 0 atom stereocenters. The van der Waals surface area contributed by atoms with Crippen molar-refractivity contribution in [3.05, 3.63) is 39.1 Å². The van der Waals surface area contributed by atoms with Gasteiger partial charge in [-0.2, -0.15) is 0 Å². The first kappa shape index (κ1) is 18.6. The molecule has 26 heavy (non-hydrogen) atoms. The average Bonchev–Trinajstić information content (AvgIpc) is 3.13. The molecular weight excluding hydrogens is 370 g/mol. The van der Waals surface area contributed by atoms with Crippen LogP contribution in [-0.4, -0.2) is 33.3 Å². The van der Waals surface area contributed by atoms with E-state index in [2.05, 4.69) is 21.9 Å². The van der Waals surface area contributed by atoms with Crippen LogP contribution in [0, 0.1) is 6.92 Å². The number of nitrogens with one attached hydrogen (secondary N) is 1. The zero-order chi connectivity index (χ0) is 18.7. The van der Waals surface area contributed by atoms with Crippen LogP contribution < -0.4 is 5.56 Å². The van der Waals surface area contributed by atoms with E-state index < -0.39 is 5.97 Å². The van der Waals surface area contributed by atoms with E-state index >= 15 is 0 Å². The summed E-state index contributed by atoms with van der Waals surface area (Å²) in [5.74, 6) is 0.373. The fourth-order valence-corrected chi connectivity index (χ4v) is 4.15. The van der Waals surface area contributed by atoms with Crippen LogP contribution in [0.1, 0.15) is 36.3 Å². The summed E-state index contributed by atoms with van der Waals surface area (Å²) in [6.07, 6.45) is 0.973. The number of H-pyrrole nitrogens is 1. The predicted molar refractivity (Wildman–Crippen MR) is 105 cm³/mol. The largest absolute Gasteiger partial charge is 0.462 e. The zero-order valence-corrected chi connectivity index (χ0v) is 16.4. The maximum atomic E-state index is 12.8. The minimum atomic E-state index is -0.480. The normalized spacial score (nSPS) is 11.0. The number of ether oxygens (including phenoxy) is 1. The van der Waals surface area contributed by atoms with Gasteiger partial charge < -0.3 is 9.72 Å². The molecule has 0 bridgehead atoms. The lowest BCUT2D eigenvalue weighted by molar-refractivity contribution is 0.0526. The zero-order valence-electron chi connectivity index (χ0n) is 14.8. The molecule has 0 spiro atoms. The van der Waals surface area contributed by atoms with Gasteiger partial charge in [-0.05, 0) is 31.7 Å². The van der Waals surface area contributed by atoms with Crippen molar-refractivity contribution in [3.63, 3.8) is 0 Å². The molecule has 0 aliphatic carbocycles. The fraction of sp³-hybridized carbons (Fsp3) is 0.333. The lowest BCUT2D eigenvalue weighted by atomic mass is 10.0. The van der Waals surface area contributed by atoms with E-state index in [1.165, 1.54) is 23.1 Å². The Morgan fingerprint density at radius 3 is 2.81 bits per heavy atom. The van der Waals surface area contributed by atoms with E-state index in [0.29, 0.717) is 33.0 Å². The molecule has 3 aromatic rings. The van der Waals surface area contributed by atoms with Gasteiger partial charge in [0.25, 0.3) is 5.56 Å². The fourth-order valence-electron chi connectivity index (χ4n) is 2.66. The molecule has 1 N–H and O–H groups in total. The number of thiophene rings is 1. The maximum Gasteiger partial charge on any atom is 0.340 e. The monoisotopic (exact) mass is 389 g/mol. The van der Waals surface area contributed by atoms with Gasteiger partial charge in [0.1, 0.15) is 0 Å². The Kier molecular flexibility index (Phi) is 5.73. The molecule has 0 fully saturated rings. The Morgan fingerprint density at radius 2 is 2.15 bits per heavy atom. The Balaban J connectivity index is 2.33. The summed E-state index contributed by atoms with van der Waals surface area (Å²) in [7, 11) is 0. The highest BCUT2D eigenvalue weighted by Crippen LogP contribution is 2.34. The van der Waals surface area contributed by atoms with Crippen LogP contribution in [-0.2, 0) is 4.74 Å². The number of hydrogen-bond donors (Lipinski definition) is 1. The second-order valence-corrected chi connectivity index (χ2v) is 7.59. The molecule has 0 radical (unpaired) electrons. The molecule has 0 saturated carbocycles. The molecule has 0 unspecified atom stereocenters. The summed E-state index contributed by atoms with van der Waals surface area (Å²) in [5, 5.41) is 2.76. The number of carbonyl (C=O) groups is 1. The Labute approximate surface area is 159 Å². The highest BCUT2D eigenvalue weighted by molar-refractivity contribution is 7.99. The lowest BCUT2D eigenvalue weighted by Crippen LogP contribution is -2.16. The smallest absolute Gasteiger partial charge is 0.340 e. The first-order valence-corrected chi connectivity index (χ1v) is 10.2. The molecule has 3 heterocycles. The summed E-state index contributed by atoms with van der Waals surface area (Å²) in [4.78, 5) is 37.9. The SMILES string of the molecule is CCCSc1nc2nc(C)c(C(=O)OCC)c(-c3cccs3)c2c(=O)[nH]1. The quantitative estimate of drug-likeness (QED) is 0.389. The van der Waals surface area contributed by atoms with Crippen molar-refractivity contribution >= 4 is 40.1 Å². The number of esters is 1. The topological polar surface area (TPSA) is 84.9 Å². The summed E-state index contributed by atoms with van der Waals surface area (Å²) < 4.78 is 5.20. The van der Waals surface area contributed by atoms with E-state index in [1.807, 2.05) is 17.5 Å². The number of carbonyl (C=O) groups excluding carboxylic acids is 1. The molecule has 0 saturated heterocycles. The molecule has 0 aliphatic heterocycles. The Hall–Kier alpha value is -2.19. The second-order valence-electron chi connectivity index (χ2n) is 5.56. The summed E-state index contributed by atoms with van der Waals surface area (Å²) in [5.41, 5.74) is 1.42. The molecule has 0 aliphatic rings. The Bertz CT molecular complexity index is 997. The van der Waals surface area contributed by atoms with E-state index in [4.69, 9.17) is 4.74 Å². The standard InChI is InChI=1S/C18H19N3O3S2/c1-4-8-26-18-20-15-14(16(22)21-18)13(11-7-6-9-25-11)12(10(3)19-15)17(23)24-5-2/h6-7,9H,4-5,8H2,1-3H3,(H,19,20,21,22). The van der Waals surface area contributed by atoms with Crippen LogP contribution in [0.2, 0.25) is 0 Å². The van der Waals surface area contributed by atoms with Gasteiger partial charge in [-0.25, -0.2) is 14.8 Å². The summed E-state index contributed by atoms with van der Waals surface area (Å²) in [6, 6.07) is 3.75. The van der Waals surface area contributed by atoms with Gasteiger partial charge in [-0.15, -0.1) is 11.3 Å². The van der Waals surface area contributed by atoms with Gasteiger partial charge in [-0.3, -0.25) is 4.79 Å². The number of fused-ring (bicyclic) bond motifs is 1. The molecule has 0 amide bonds. The number of pyridine rings is 1. The highest BCUT2D eigenvalue weighted by Gasteiger charge is 2.24. The van der Waals surface area contributed by atoms with Crippen LogP contribution in [0.3, 0.4) is 0 Å². The van der Waals surface area contributed by atoms with Crippen LogP contribution in [0.25, 0.3) is 21.5 Å². The predicted octanol–water partition coefficient (Wildman–Crippen LogP) is 4.03. The molecular formula is C18H19N3O3S2. The summed E-state index contributed by atoms with van der Waals surface area (Å²) >= 11 is 2.94. The van der Waals surface area contributed by atoms with Crippen LogP contribution in [0.5, 0.6) is 0 Å². The van der Waals surface area contributed by atoms with E-state index in [-0.39, 0.29) is 12.2 Å². The van der Waals surface area contributed by atoms with Crippen molar-refractivity contribution in [2.75, 3.05) is 12.4 Å². The van der Waals surface area contributed by atoms with Crippen LogP contribution in [0.4, 0.5) is 0 Å². The number of thioether (sulfide) groups is 1. The maximum absolute atomic E-state index is 12.8. The highest BCUT2D eigenvalue weighted by atomic mass is 32.2. The number of aromatic nitrogens is 3. The molecule has 6 nitrogen and oxygen atoms in total. The first-order valence-electron chi connectivity index (χ1n) is 8.35. The van der Waals surface area contributed by atoms with Crippen molar-refractivity contribution in [2.45, 2.75) is 32.3 Å². The second kappa shape index (κ2) is 8.01. The molecule has 136 valence electrons. The third-order valence-corrected chi connectivity index (χ3v) is 5.67. The average molecular weight is 390 g/mol. The van der Waals surface area contributed by atoms with Crippen molar-refractivity contribution < 1.29 is 9.53 Å². The van der Waals surface area contributed by atoms with Crippen molar-refractivity contribution in [2.24, 2.45) is 0 Å². The summed E-state index contributed by atoms with van der Waals surface area (Å²) in [6.45, 7) is 5.80.